The van der Waals surface area contributed by atoms with E-state index in [1.165, 1.54) is 16.6 Å². The molecule has 0 radical (unpaired) electrons. The summed E-state index contributed by atoms with van der Waals surface area (Å²) in [6, 6.07) is 6.28. The van der Waals surface area contributed by atoms with Crippen molar-refractivity contribution in [3.05, 3.63) is 35.6 Å². The van der Waals surface area contributed by atoms with Crippen molar-refractivity contribution in [2.45, 2.75) is 12.8 Å². The highest BCUT2D eigenvalue weighted by molar-refractivity contribution is 7.88. The number of benzene rings is 1. The molecule has 144 valence electrons. The van der Waals surface area contributed by atoms with Crippen LogP contribution in [0.2, 0.25) is 0 Å². The lowest BCUT2D eigenvalue weighted by molar-refractivity contribution is -0.135. The van der Waals surface area contributed by atoms with E-state index in [0.29, 0.717) is 44.8 Å². The number of nitrogens with zero attached hydrogens (tertiary/aromatic N) is 2. The summed E-state index contributed by atoms with van der Waals surface area (Å²) in [5, 5.41) is 0. The molecule has 2 unspecified atom stereocenters. The summed E-state index contributed by atoms with van der Waals surface area (Å²) in [6.07, 6.45) is 1.92. The van der Waals surface area contributed by atoms with E-state index in [0.717, 1.165) is 0 Å². The zero-order valence-corrected chi connectivity index (χ0v) is 16.0. The van der Waals surface area contributed by atoms with Crippen LogP contribution in [0.15, 0.2) is 24.3 Å². The Morgan fingerprint density at radius 1 is 1.35 bits per heavy atom. The number of hydrogen-bond donors (Lipinski definition) is 0. The summed E-state index contributed by atoms with van der Waals surface area (Å²) in [6.45, 7) is 2.30. The first-order valence-corrected chi connectivity index (χ1v) is 10.6. The highest BCUT2D eigenvalue weighted by atomic mass is 32.2. The molecule has 26 heavy (non-hydrogen) atoms. The van der Waals surface area contributed by atoms with Crippen LogP contribution in [0, 0.1) is 17.2 Å². The predicted octanol–water partition coefficient (Wildman–Crippen LogP) is 1.12. The second-order valence-electron chi connectivity index (χ2n) is 7.41. The minimum atomic E-state index is -3.28. The maximum absolute atomic E-state index is 13.8. The Labute approximate surface area is 154 Å². The van der Waals surface area contributed by atoms with Gasteiger partial charge in [-0.15, -0.1) is 0 Å². The quantitative estimate of drug-likeness (QED) is 0.763. The van der Waals surface area contributed by atoms with Gasteiger partial charge in [0.15, 0.2) is 0 Å². The second kappa shape index (κ2) is 7.25. The van der Waals surface area contributed by atoms with Crippen LogP contribution in [0.5, 0.6) is 0 Å². The Morgan fingerprint density at radius 3 is 2.73 bits per heavy atom. The molecule has 2 atom stereocenters. The van der Waals surface area contributed by atoms with Gasteiger partial charge in [0, 0.05) is 38.7 Å². The molecule has 2 aliphatic heterocycles. The molecule has 0 aromatic heterocycles. The van der Waals surface area contributed by atoms with Crippen molar-refractivity contribution in [1.29, 1.82) is 0 Å². The predicted molar refractivity (Wildman–Crippen MR) is 95.5 cm³/mol. The number of fused-ring (bicyclic) bond motifs is 1. The molecule has 2 heterocycles. The normalized spacial score (nSPS) is 26.7. The number of carbonyl (C=O) groups is 1. The van der Waals surface area contributed by atoms with Gasteiger partial charge in [0.2, 0.25) is 15.9 Å². The first kappa shape index (κ1) is 19.3. The standard InChI is InChI=1S/C18H25FN2O4S/c1-25-13-18-7-8-20(10-15(18)11-21(12-18)26(2,23)24)17(22)9-14-5-3-4-6-16(14)19/h3-6,15H,7-13H2,1-2H3. The molecule has 1 aromatic carbocycles. The van der Waals surface area contributed by atoms with Gasteiger partial charge in [0.1, 0.15) is 5.82 Å². The highest BCUT2D eigenvalue weighted by Crippen LogP contribution is 2.44. The van der Waals surface area contributed by atoms with Crippen LogP contribution >= 0.6 is 0 Å². The van der Waals surface area contributed by atoms with Crippen molar-refractivity contribution in [2.75, 3.05) is 46.2 Å². The molecule has 8 heteroatoms. The summed E-state index contributed by atoms with van der Waals surface area (Å²) in [5.74, 6) is -0.481. The number of rotatable bonds is 5. The average Bonchev–Trinajstić information content (AvgIpc) is 2.96. The molecule has 6 nitrogen and oxygen atoms in total. The number of carbonyl (C=O) groups excluding carboxylic acids is 1. The van der Waals surface area contributed by atoms with Gasteiger partial charge in [-0.2, -0.15) is 0 Å². The molecule has 2 aliphatic rings. The molecule has 2 saturated heterocycles. The van der Waals surface area contributed by atoms with Crippen LogP contribution in [0.25, 0.3) is 0 Å². The summed E-state index contributed by atoms with van der Waals surface area (Å²) >= 11 is 0. The van der Waals surface area contributed by atoms with E-state index in [1.54, 1.807) is 30.2 Å². The molecule has 2 fully saturated rings. The summed E-state index contributed by atoms with van der Waals surface area (Å²) < 4.78 is 44.6. The van der Waals surface area contributed by atoms with Crippen molar-refractivity contribution >= 4 is 15.9 Å². The molecule has 1 aromatic rings. The third-order valence-corrected chi connectivity index (χ3v) is 6.87. The van der Waals surface area contributed by atoms with Gasteiger partial charge in [-0.3, -0.25) is 4.79 Å². The van der Waals surface area contributed by atoms with Crippen molar-refractivity contribution in [1.82, 2.24) is 9.21 Å². The molecular weight excluding hydrogens is 359 g/mol. The fourth-order valence-corrected chi connectivity index (χ4v) is 5.09. The summed E-state index contributed by atoms with van der Waals surface area (Å²) in [4.78, 5) is 14.4. The summed E-state index contributed by atoms with van der Waals surface area (Å²) in [5.41, 5.74) is 0.127. The molecule has 1 amide bonds. The molecule has 0 spiro atoms. The van der Waals surface area contributed by atoms with E-state index in [2.05, 4.69) is 0 Å². The fraction of sp³-hybridized carbons (Fsp3) is 0.611. The Bertz CT molecular complexity index is 785. The van der Waals surface area contributed by atoms with Crippen LogP contribution in [0.1, 0.15) is 12.0 Å². The number of hydrogen-bond acceptors (Lipinski definition) is 4. The molecule has 0 saturated carbocycles. The topological polar surface area (TPSA) is 66.9 Å². The minimum absolute atomic E-state index is 0.0203. The lowest BCUT2D eigenvalue weighted by Crippen LogP contribution is -2.51. The largest absolute Gasteiger partial charge is 0.384 e. The van der Waals surface area contributed by atoms with Crippen LogP contribution in [0.3, 0.4) is 0 Å². The van der Waals surface area contributed by atoms with Crippen molar-refractivity contribution in [3.63, 3.8) is 0 Å². The van der Waals surface area contributed by atoms with E-state index in [-0.39, 0.29) is 29.5 Å². The van der Waals surface area contributed by atoms with Gasteiger partial charge >= 0.3 is 0 Å². The Morgan fingerprint density at radius 2 is 2.08 bits per heavy atom. The van der Waals surface area contributed by atoms with E-state index >= 15 is 0 Å². The number of amides is 1. The minimum Gasteiger partial charge on any atom is -0.384 e. The SMILES string of the molecule is COCC12CCN(C(=O)Cc3ccccc3F)CC1CN(S(C)(=O)=O)C2. The van der Waals surface area contributed by atoms with Crippen molar-refractivity contribution < 1.29 is 22.3 Å². The van der Waals surface area contributed by atoms with E-state index < -0.39 is 10.0 Å². The Kier molecular flexibility index (Phi) is 5.37. The second-order valence-corrected chi connectivity index (χ2v) is 9.39. The third kappa shape index (κ3) is 3.77. The Balaban J connectivity index is 1.73. The van der Waals surface area contributed by atoms with Gasteiger partial charge < -0.3 is 9.64 Å². The van der Waals surface area contributed by atoms with Crippen LogP contribution in [0.4, 0.5) is 4.39 Å². The van der Waals surface area contributed by atoms with Crippen molar-refractivity contribution in [2.24, 2.45) is 11.3 Å². The Hall–Kier alpha value is -1.51. The first-order valence-electron chi connectivity index (χ1n) is 8.70. The molecule has 0 bridgehead atoms. The van der Waals surface area contributed by atoms with Gasteiger partial charge in [0.25, 0.3) is 0 Å². The van der Waals surface area contributed by atoms with Crippen molar-refractivity contribution in [3.8, 4) is 0 Å². The third-order valence-electron chi connectivity index (χ3n) is 5.65. The smallest absolute Gasteiger partial charge is 0.227 e. The molecule has 0 N–H and O–H groups in total. The van der Waals surface area contributed by atoms with E-state index in [1.807, 2.05) is 0 Å². The van der Waals surface area contributed by atoms with Gasteiger partial charge in [-0.05, 0) is 24.0 Å². The maximum atomic E-state index is 13.8. The number of methoxy groups -OCH3 is 1. The number of ether oxygens (including phenoxy) is 1. The summed E-state index contributed by atoms with van der Waals surface area (Å²) in [7, 11) is -1.67. The van der Waals surface area contributed by atoms with Crippen LogP contribution < -0.4 is 0 Å². The van der Waals surface area contributed by atoms with Gasteiger partial charge in [0.05, 0.1) is 19.3 Å². The number of piperidine rings is 1. The van der Waals surface area contributed by atoms with Crippen LogP contribution in [-0.2, 0) is 26.0 Å². The average molecular weight is 384 g/mol. The molecular formula is C18H25FN2O4S. The highest BCUT2D eigenvalue weighted by Gasteiger charge is 2.52. The van der Waals surface area contributed by atoms with Gasteiger partial charge in [-0.25, -0.2) is 17.1 Å². The molecule has 3 rings (SSSR count). The van der Waals surface area contributed by atoms with Crippen LogP contribution in [-0.4, -0.2) is 69.7 Å². The number of halogens is 1. The maximum Gasteiger partial charge on any atom is 0.227 e. The zero-order valence-electron chi connectivity index (χ0n) is 15.2. The lowest BCUT2D eigenvalue weighted by atomic mass is 9.73. The van der Waals surface area contributed by atoms with E-state index in [9.17, 15) is 17.6 Å². The molecule has 0 aliphatic carbocycles. The number of sulfonamides is 1. The lowest BCUT2D eigenvalue weighted by Gasteiger charge is -2.43. The van der Waals surface area contributed by atoms with E-state index in [4.69, 9.17) is 4.74 Å². The monoisotopic (exact) mass is 384 g/mol. The van der Waals surface area contributed by atoms with Gasteiger partial charge in [-0.1, -0.05) is 18.2 Å². The number of likely N-dealkylation sites (tertiary alicyclic amines) is 1. The first-order chi connectivity index (χ1) is 12.2. The fourth-order valence-electron chi connectivity index (χ4n) is 4.15. The zero-order chi connectivity index (χ0) is 18.9.